The van der Waals surface area contributed by atoms with Crippen LogP contribution in [0.1, 0.15) is 28.8 Å². The standard InChI is InChI=1S/C25H22ClF3N4O2/c26-21-4-2-1-3-20(21)23(34)31-22-13-17(9-12-30-22)14-33-16-32(15-24(33)10-11-24)18-5-7-19(8-6-18)35-25(27,28)29/h1-9,12-13H,10-11,14-16H2,(H,30,31,34). The Kier molecular flexibility index (Phi) is 6.06. The number of ether oxygens (including phenoxy) is 1. The first-order chi connectivity index (χ1) is 16.7. The van der Waals surface area contributed by atoms with E-state index in [9.17, 15) is 18.0 Å². The van der Waals surface area contributed by atoms with Crippen molar-refractivity contribution in [2.75, 3.05) is 23.4 Å². The number of anilines is 2. The van der Waals surface area contributed by atoms with Crippen molar-refractivity contribution < 1.29 is 22.7 Å². The second kappa shape index (κ2) is 9.05. The largest absolute Gasteiger partial charge is 0.573 e. The third-order valence-electron chi connectivity index (χ3n) is 6.32. The van der Waals surface area contributed by atoms with Gasteiger partial charge in [0, 0.05) is 30.5 Å². The van der Waals surface area contributed by atoms with Gasteiger partial charge in [0.1, 0.15) is 11.6 Å². The molecule has 0 bridgehead atoms. The van der Waals surface area contributed by atoms with Crippen molar-refractivity contribution in [3.63, 3.8) is 0 Å². The summed E-state index contributed by atoms with van der Waals surface area (Å²) in [5, 5.41) is 3.17. The molecule has 0 atom stereocenters. The summed E-state index contributed by atoms with van der Waals surface area (Å²) in [5.74, 6) is -0.126. The molecular weight excluding hydrogens is 481 g/mol. The molecule has 2 aromatic carbocycles. The Labute approximate surface area is 205 Å². The van der Waals surface area contributed by atoms with E-state index < -0.39 is 6.36 Å². The van der Waals surface area contributed by atoms with Gasteiger partial charge in [0.2, 0.25) is 0 Å². The molecule has 2 heterocycles. The highest BCUT2D eigenvalue weighted by Gasteiger charge is 2.53. The Morgan fingerprint density at radius 1 is 1.11 bits per heavy atom. The monoisotopic (exact) mass is 502 g/mol. The van der Waals surface area contributed by atoms with Crippen LogP contribution < -0.4 is 15.0 Å². The van der Waals surface area contributed by atoms with Crippen molar-refractivity contribution in [3.8, 4) is 5.75 Å². The first-order valence-corrected chi connectivity index (χ1v) is 11.5. The zero-order valence-electron chi connectivity index (χ0n) is 18.6. The van der Waals surface area contributed by atoms with Crippen LogP contribution in [0.2, 0.25) is 5.02 Å². The number of carbonyl (C=O) groups is 1. The highest BCUT2D eigenvalue weighted by atomic mass is 35.5. The van der Waals surface area contributed by atoms with Crippen LogP contribution >= 0.6 is 11.6 Å². The second-order valence-electron chi connectivity index (χ2n) is 8.79. The van der Waals surface area contributed by atoms with Gasteiger partial charge in [0.15, 0.2) is 0 Å². The van der Waals surface area contributed by atoms with Crippen LogP contribution in [0.3, 0.4) is 0 Å². The molecule has 0 radical (unpaired) electrons. The topological polar surface area (TPSA) is 57.7 Å². The minimum atomic E-state index is -4.71. The van der Waals surface area contributed by atoms with Crippen LogP contribution in [0, 0.1) is 0 Å². The number of alkyl halides is 3. The molecule has 5 rings (SSSR count). The maximum Gasteiger partial charge on any atom is 0.573 e. The molecule has 1 aromatic heterocycles. The Bertz CT molecular complexity index is 1230. The van der Waals surface area contributed by atoms with E-state index in [1.165, 1.54) is 12.1 Å². The highest BCUT2D eigenvalue weighted by Crippen LogP contribution is 2.48. The molecule has 10 heteroatoms. The smallest absolute Gasteiger partial charge is 0.406 e. The third-order valence-corrected chi connectivity index (χ3v) is 6.65. The molecule has 1 amide bonds. The number of nitrogens with one attached hydrogen (secondary N) is 1. The van der Waals surface area contributed by atoms with E-state index in [1.54, 1.807) is 42.6 Å². The lowest BCUT2D eigenvalue weighted by Crippen LogP contribution is -2.32. The van der Waals surface area contributed by atoms with E-state index in [4.69, 9.17) is 11.6 Å². The van der Waals surface area contributed by atoms with Crippen molar-refractivity contribution in [1.82, 2.24) is 9.88 Å². The normalized spacial score (nSPS) is 17.0. The van der Waals surface area contributed by atoms with Crippen LogP contribution in [0.25, 0.3) is 0 Å². The van der Waals surface area contributed by atoms with Gasteiger partial charge in [-0.2, -0.15) is 0 Å². The molecule has 0 unspecified atom stereocenters. The number of hydrogen-bond donors (Lipinski definition) is 1. The molecule has 1 aliphatic carbocycles. The molecule has 3 aromatic rings. The van der Waals surface area contributed by atoms with E-state index >= 15 is 0 Å². The van der Waals surface area contributed by atoms with Gasteiger partial charge in [0.25, 0.3) is 5.91 Å². The predicted octanol–water partition coefficient (Wildman–Crippen LogP) is 5.70. The first kappa shape index (κ1) is 23.4. The number of carbonyl (C=O) groups excluding carboxylic acids is 1. The zero-order chi connectivity index (χ0) is 24.6. The quantitative estimate of drug-likeness (QED) is 0.469. The van der Waals surface area contributed by atoms with E-state index in [2.05, 4.69) is 24.8 Å². The summed E-state index contributed by atoms with van der Waals surface area (Å²) < 4.78 is 41.3. The second-order valence-corrected chi connectivity index (χ2v) is 9.19. The Morgan fingerprint density at radius 2 is 1.86 bits per heavy atom. The van der Waals surface area contributed by atoms with Crippen LogP contribution in [-0.4, -0.2) is 40.9 Å². The fourth-order valence-electron chi connectivity index (χ4n) is 4.42. The zero-order valence-corrected chi connectivity index (χ0v) is 19.3. The van der Waals surface area contributed by atoms with Gasteiger partial charge in [-0.3, -0.25) is 9.69 Å². The Balaban J connectivity index is 1.25. The average molecular weight is 503 g/mol. The SMILES string of the molecule is O=C(Nc1cc(CN2CN(c3ccc(OC(F)(F)F)cc3)CC23CC3)ccn1)c1ccccc1Cl. The van der Waals surface area contributed by atoms with E-state index in [0.29, 0.717) is 29.6 Å². The molecule has 2 aliphatic rings. The highest BCUT2D eigenvalue weighted by molar-refractivity contribution is 6.34. The minimum Gasteiger partial charge on any atom is -0.406 e. The number of pyridine rings is 1. The summed E-state index contributed by atoms with van der Waals surface area (Å²) in [5.41, 5.74) is 2.26. The van der Waals surface area contributed by atoms with Crippen molar-refractivity contribution in [3.05, 3.63) is 83.0 Å². The van der Waals surface area contributed by atoms with Gasteiger partial charge in [-0.1, -0.05) is 23.7 Å². The van der Waals surface area contributed by atoms with Gasteiger partial charge >= 0.3 is 6.36 Å². The molecule has 6 nitrogen and oxygen atoms in total. The lowest BCUT2D eigenvalue weighted by molar-refractivity contribution is -0.274. The first-order valence-electron chi connectivity index (χ1n) is 11.1. The molecule has 2 fully saturated rings. The van der Waals surface area contributed by atoms with Gasteiger partial charge in [0.05, 0.1) is 17.3 Å². The Hall–Kier alpha value is -3.30. The number of benzene rings is 2. The molecule has 1 saturated carbocycles. The lowest BCUT2D eigenvalue weighted by atomic mass is 10.2. The average Bonchev–Trinajstić information content (AvgIpc) is 3.50. The number of hydrogen-bond acceptors (Lipinski definition) is 5. The summed E-state index contributed by atoms with van der Waals surface area (Å²) in [6.07, 6.45) is -0.940. The maximum absolute atomic E-state index is 12.6. The number of rotatable bonds is 6. The van der Waals surface area contributed by atoms with E-state index in [1.807, 2.05) is 12.1 Å². The maximum atomic E-state index is 12.6. The summed E-state index contributed by atoms with van der Waals surface area (Å²) in [4.78, 5) is 21.4. The third kappa shape index (κ3) is 5.36. The van der Waals surface area contributed by atoms with Crippen LogP contribution in [0.4, 0.5) is 24.7 Å². The predicted molar refractivity (Wildman–Crippen MR) is 126 cm³/mol. The summed E-state index contributed by atoms with van der Waals surface area (Å²) >= 11 is 6.12. The number of aromatic nitrogens is 1. The van der Waals surface area contributed by atoms with Crippen LogP contribution in [0.15, 0.2) is 66.9 Å². The molecule has 1 spiro atoms. The molecular formula is C25H22ClF3N4O2. The van der Waals surface area contributed by atoms with Crippen LogP contribution in [0.5, 0.6) is 5.75 Å². The van der Waals surface area contributed by atoms with Crippen molar-refractivity contribution in [1.29, 1.82) is 0 Å². The lowest BCUT2D eigenvalue weighted by Gasteiger charge is -2.23. The van der Waals surface area contributed by atoms with Crippen molar-refractivity contribution in [2.45, 2.75) is 31.3 Å². The fraction of sp³-hybridized carbons (Fsp3) is 0.280. The van der Waals surface area contributed by atoms with Gasteiger partial charge in [-0.05, 0) is 66.9 Å². The summed E-state index contributed by atoms with van der Waals surface area (Å²) in [7, 11) is 0. The summed E-state index contributed by atoms with van der Waals surface area (Å²) in [6, 6.07) is 16.5. The molecule has 1 aliphatic heterocycles. The number of nitrogens with zero attached hydrogens (tertiary/aromatic N) is 3. The number of halogens is 4. The fourth-order valence-corrected chi connectivity index (χ4v) is 4.64. The van der Waals surface area contributed by atoms with Crippen molar-refractivity contribution in [2.24, 2.45) is 0 Å². The molecule has 1 N–H and O–H groups in total. The van der Waals surface area contributed by atoms with Gasteiger partial charge in [-0.25, -0.2) is 4.98 Å². The molecule has 182 valence electrons. The van der Waals surface area contributed by atoms with Gasteiger partial charge in [-0.15, -0.1) is 13.2 Å². The summed E-state index contributed by atoms with van der Waals surface area (Å²) in [6.45, 7) is 2.10. The molecule has 35 heavy (non-hydrogen) atoms. The van der Waals surface area contributed by atoms with E-state index in [0.717, 1.165) is 30.6 Å². The van der Waals surface area contributed by atoms with Crippen LogP contribution in [-0.2, 0) is 6.54 Å². The Morgan fingerprint density at radius 3 is 2.54 bits per heavy atom. The number of amides is 1. The minimum absolute atomic E-state index is 0.0470. The van der Waals surface area contributed by atoms with Gasteiger partial charge < -0.3 is 15.0 Å². The van der Waals surface area contributed by atoms with E-state index in [-0.39, 0.29) is 17.2 Å². The van der Waals surface area contributed by atoms with Crippen molar-refractivity contribution >= 4 is 29.0 Å². The molecule has 1 saturated heterocycles.